The number of amides is 2. The molecule has 5 nitrogen and oxygen atoms in total. The largest absolute Gasteiger partial charge is 0.478 e. The molecule has 0 saturated heterocycles. The SMILES string of the molecule is CC(C)CCCCNC(=O)Nc1cc(F)ccc1C(=O)O. The van der Waals surface area contributed by atoms with Gasteiger partial charge >= 0.3 is 12.0 Å². The van der Waals surface area contributed by atoms with Gasteiger partial charge in [0.05, 0.1) is 11.3 Å². The van der Waals surface area contributed by atoms with Crippen LogP contribution in [-0.4, -0.2) is 23.7 Å². The molecule has 0 bridgehead atoms. The van der Waals surface area contributed by atoms with Crippen LogP contribution < -0.4 is 10.6 Å². The van der Waals surface area contributed by atoms with E-state index in [0.717, 1.165) is 37.5 Å². The Morgan fingerprint density at radius 2 is 2.00 bits per heavy atom. The summed E-state index contributed by atoms with van der Waals surface area (Å²) in [5.74, 6) is -1.20. The third-order valence-corrected chi connectivity index (χ3v) is 2.95. The summed E-state index contributed by atoms with van der Waals surface area (Å²) in [6, 6.07) is 2.61. The minimum atomic E-state index is -1.22. The lowest BCUT2D eigenvalue weighted by Gasteiger charge is -2.10. The van der Waals surface area contributed by atoms with Gasteiger partial charge in [-0.05, 0) is 30.5 Å². The van der Waals surface area contributed by atoms with E-state index < -0.39 is 17.8 Å². The summed E-state index contributed by atoms with van der Waals surface area (Å²) < 4.78 is 13.1. The molecule has 2 amide bonds. The second kappa shape index (κ2) is 8.24. The number of rotatable bonds is 7. The molecule has 116 valence electrons. The van der Waals surface area contributed by atoms with E-state index in [1.54, 1.807) is 0 Å². The fourth-order valence-electron chi connectivity index (χ4n) is 1.85. The average Bonchev–Trinajstić information content (AvgIpc) is 2.37. The molecule has 1 rings (SSSR count). The standard InChI is InChI=1S/C15H21FN2O3/c1-10(2)5-3-4-8-17-15(21)18-13-9-11(16)6-7-12(13)14(19)20/h6-7,9-10H,3-5,8H2,1-2H3,(H,19,20)(H2,17,18,21). The number of carboxylic acids is 1. The smallest absolute Gasteiger partial charge is 0.337 e. The number of hydrogen-bond donors (Lipinski definition) is 3. The Bertz CT molecular complexity index is 504. The third kappa shape index (κ3) is 6.25. The van der Waals surface area contributed by atoms with E-state index in [2.05, 4.69) is 24.5 Å². The van der Waals surface area contributed by atoms with Gasteiger partial charge in [0.2, 0.25) is 0 Å². The molecule has 0 aliphatic heterocycles. The molecule has 1 aromatic rings. The van der Waals surface area contributed by atoms with Crippen molar-refractivity contribution in [2.75, 3.05) is 11.9 Å². The number of carbonyl (C=O) groups excluding carboxylic acids is 1. The topological polar surface area (TPSA) is 78.4 Å². The molecule has 0 fully saturated rings. The first-order valence-corrected chi connectivity index (χ1v) is 6.98. The second-order valence-electron chi connectivity index (χ2n) is 5.27. The number of benzene rings is 1. The first kappa shape index (κ1) is 16.9. The van der Waals surface area contributed by atoms with E-state index >= 15 is 0 Å². The lowest BCUT2D eigenvalue weighted by Crippen LogP contribution is -2.30. The first-order valence-electron chi connectivity index (χ1n) is 6.98. The first-order chi connectivity index (χ1) is 9.90. The van der Waals surface area contributed by atoms with E-state index in [1.807, 2.05) is 0 Å². The molecule has 0 aromatic heterocycles. The monoisotopic (exact) mass is 296 g/mol. The van der Waals surface area contributed by atoms with Gasteiger partial charge in [-0.1, -0.05) is 26.7 Å². The van der Waals surface area contributed by atoms with Crippen LogP contribution in [-0.2, 0) is 0 Å². The van der Waals surface area contributed by atoms with Gasteiger partial charge in [0.1, 0.15) is 5.82 Å². The van der Waals surface area contributed by atoms with Gasteiger partial charge in [-0.15, -0.1) is 0 Å². The minimum absolute atomic E-state index is 0.0535. The van der Waals surface area contributed by atoms with Crippen LogP contribution >= 0.6 is 0 Å². The lowest BCUT2D eigenvalue weighted by atomic mass is 10.1. The predicted molar refractivity (Wildman–Crippen MR) is 79.1 cm³/mol. The fraction of sp³-hybridized carbons (Fsp3) is 0.467. The van der Waals surface area contributed by atoms with Gasteiger partial charge in [0.15, 0.2) is 0 Å². The fourth-order valence-corrected chi connectivity index (χ4v) is 1.85. The van der Waals surface area contributed by atoms with Crippen LogP contribution in [0.3, 0.4) is 0 Å². The molecule has 1 aromatic carbocycles. The Morgan fingerprint density at radius 1 is 1.29 bits per heavy atom. The zero-order chi connectivity index (χ0) is 15.8. The molecule has 0 spiro atoms. The van der Waals surface area contributed by atoms with Crippen molar-refractivity contribution in [2.45, 2.75) is 33.1 Å². The van der Waals surface area contributed by atoms with E-state index in [0.29, 0.717) is 12.5 Å². The number of urea groups is 1. The molecule has 0 atom stereocenters. The Labute approximate surface area is 123 Å². The molecule has 3 N–H and O–H groups in total. The van der Waals surface area contributed by atoms with E-state index in [-0.39, 0.29) is 11.3 Å². The molecular formula is C15H21FN2O3. The van der Waals surface area contributed by atoms with Gasteiger partial charge in [-0.3, -0.25) is 0 Å². The molecule has 0 unspecified atom stereocenters. The molecule has 6 heteroatoms. The van der Waals surface area contributed by atoms with E-state index in [4.69, 9.17) is 5.11 Å². The van der Waals surface area contributed by atoms with Crippen molar-refractivity contribution >= 4 is 17.7 Å². The minimum Gasteiger partial charge on any atom is -0.478 e. The van der Waals surface area contributed by atoms with Crippen molar-refractivity contribution in [3.63, 3.8) is 0 Å². The number of anilines is 1. The Hall–Kier alpha value is -2.11. The number of nitrogens with one attached hydrogen (secondary N) is 2. The summed E-state index contributed by atoms with van der Waals surface area (Å²) in [5.41, 5.74) is -0.200. The maximum Gasteiger partial charge on any atom is 0.337 e. The molecule has 0 aliphatic carbocycles. The molecule has 0 radical (unpaired) electrons. The van der Waals surface area contributed by atoms with Crippen molar-refractivity contribution in [1.82, 2.24) is 5.32 Å². The van der Waals surface area contributed by atoms with E-state index in [1.165, 1.54) is 0 Å². The highest BCUT2D eigenvalue weighted by Crippen LogP contribution is 2.17. The van der Waals surface area contributed by atoms with Crippen LogP contribution in [0.5, 0.6) is 0 Å². The molecule has 0 aliphatic rings. The molecule has 0 saturated carbocycles. The number of aromatic carboxylic acids is 1. The van der Waals surface area contributed by atoms with Crippen molar-refractivity contribution in [3.05, 3.63) is 29.6 Å². The Balaban J connectivity index is 2.47. The Morgan fingerprint density at radius 3 is 2.62 bits per heavy atom. The van der Waals surface area contributed by atoms with Gasteiger partial charge in [0.25, 0.3) is 0 Å². The highest BCUT2D eigenvalue weighted by molar-refractivity contribution is 5.99. The maximum absolute atomic E-state index is 13.1. The summed E-state index contributed by atoms with van der Waals surface area (Å²) in [4.78, 5) is 22.6. The number of hydrogen-bond acceptors (Lipinski definition) is 2. The number of carboxylic acid groups (broad SMARTS) is 1. The quantitative estimate of drug-likeness (QED) is 0.674. The second-order valence-corrected chi connectivity index (χ2v) is 5.27. The highest BCUT2D eigenvalue weighted by Gasteiger charge is 2.13. The number of carbonyl (C=O) groups is 2. The number of unbranched alkanes of at least 4 members (excludes halogenated alkanes) is 1. The zero-order valence-corrected chi connectivity index (χ0v) is 12.3. The van der Waals surface area contributed by atoms with Crippen LogP contribution in [0.2, 0.25) is 0 Å². The summed E-state index contributed by atoms with van der Waals surface area (Å²) in [6.07, 6.45) is 2.95. The lowest BCUT2D eigenvalue weighted by molar-refractivity contribution is 0.0698. The average molecular weight is 296 g/mol. The summed E-state index contributed by atoms with van der Waals surface area (Å²) in [7, 11) is 0. The Kier molecular flexibility index (Phi) is 6.65. The van der Waals surface area contributed by atoms with Crippen molar-refractivity contribution in [1.29, 1.82) is 0 Å². The third-order valence-electron chi connectivity index (χ3n) is 2.95. The van der Waals surface area contributed by atoms with Gasteiger partial charge < -0.3 is 15.7 Å². The van der Waals surface area contributed by atoms with Crippen LogP contribution in [0, 0.1) is 11.7 Å². The zero-order valence-electron chi connectivity index (χ0n) is 12.3. The molecular weight excluding hydrogens is 275 g/mol. The van der Waals surface area contributed by atoms with Crippen LogP contribution in [0.15, 0.2) is 18.2 Å². The summed E-state index contributed by atoms with van der Waals surface area (Å²) in [5, 5.41) is 14.0. The normalized spacial score (nSPS) is 10.5. The number of halogens is 1. The summed E-state index contributed by atoms with van der Waals surface area (Å²) in [6.45, 7) is 4.77. The predicted octanol–water partition coefficient (Wildman–Crippen LogP) is 3.47. The summed E-state index contributed by atoms with van der Waals surface area (Å²) >= 11 is 0. The van der Waals surface area contributed by atoms with Gasteiger partial charge in [0, 0.05) is 6.54 Å². The van der Waals surface area contributed by atoms with Crippen molar-refractivity contribution < 1.29 is 19.1 Å². The van der Waals surface area contributed by atoms with E-state index in [9.17, 15) is 14.0 Å². The van der Waals surface area contributed by atoms with Crippen molar-refractivity contribution in [3.8, 4) is 0 Å². The van der Waals surface area contributed by atoms with Crippen LogP contribution in [0.1, 0.15) is 43.5 Å². The van der Waals surface area contributed by atoms with Crippen molar-refractivity contribution in [2.24, 2.45) is 5.92 Å². The van der Waals surface area contributed by atoms with Crippen LogP contribution in [0.4, 0.5) is 14.9 Å². The maximum atomic E-state index is 13.1. The van der Waals surface area contributed by atoms with Gasteiger partial charge in [-0.25, -0.2) is 14.0 Å². The highest BCUT2D eigenvalue weighted by atomic mass is 19.1. The van der Waals surface area contributed by atoms with Crippen LogP contribution in [0.25, 0.3) is 0 Å². The van der Waals surface area contributed by atoms with Gasteiger partial charge in [-0.2, -0.15) is 0 Å². The molecule has 0 heterocycles. The molecule has 21 heavy (non-hydrogen) atoms.